The Labute approximate surface area is 181 Å². The maximum Gasteiger partial charge on any atom is 0.0340 e. The Hall–Kier alpha value is -2.64. The minimum atomic E-state index is 0.0168. The summed E-state index contributed by atoms with van der Waals surface area (Å²) in [5, 5.41) is 0. The summed E-state index contributed by atoms with van der Waals surface area (Å²) in [7, 11) is 0. The first-order valence-electron chi connectivity index (χ1n) is 10.1. The lowest BCUT2D eigenvalue weighted by atomic mass is 9.79. The molecule has 0 radical (unpaired) electrons. The standard InChI is InChI=1S/C28H23Br/c1-28(2)25-11-7-6-10-23(25)24-17-14-21(18-26(24)28)27(19-8-4-3-5-9-19)20-12-15-22(29)16-13-20/h3-18,27H,1-2H3. The lowest BCUT2D eigenvalue weighted by molar-refractivity contribution is 0.659. The second-order valence-electron chi connectivity index (χ2n) is 8.37. The van der Waals surface area contributed by atoms with Gasteiger partial charge in [-0.2, -0.15) is 0 Å². The first-order valence-corrected chi connectivity index (χ1v) is 10.9. The summed E-state index contributed by atoms with van der Waals surface area (Å²) in [5.41, 5.74) is 9.59. The minimum absolute atomic E-state index is 0.0168. The molecular weight excluding hydrogens is 416 g/mol. The summed E-state index contributed by atoms with van der Waals surface area (Å²) in [4.78, 5) is 0. The van der Waals surface area contributed by atoms with Gasteiger partial charge in [0.05, 0.1) is 0 Å². The molecule has 0 aliphatic heterocycles. The Kier molecular flexibility index (Phi) is 4.44. The third kappa shape index (κ3) is 3.05. The van der Waals surface area contributed by atoms with Gasteiger partial charge in [0, 0.05) is 15.8 Å². The molecule has 0 amide bonds. The summed E-state index contributed by atoms with van der Waals surface area (Å²) in [6.07, 6.45) is 0. The SMILES string of the molecule is CC1(C)c2ccccc2-c2ccc(C(c3ccccc3)c3ccc(Br)cc3)cc21. The molecule has 1 aliphatic carbocycles. The molecule has 0 bridgehead atoms. The number of rotatable bonds is 3. The quantitative estimate of drug-likeness (QED) is 0.284. The summed E-state index contributed by atoms with van der Waals surface area (Å²) in [5.74, 6) is 0.217. The van der Waals surface area contributed by atoms with Crippen molar-refractivity contribution in [2.75, 3.05) is 0 Å². The maximum atomic E-state index is 3.58. The van der Waals surface area contributed by atoms with Gasteiger partial charge in [0.15, 0.2) is 0 Å². The summed E-state index contributed by atoms with van der Waals surface area (Å²) >= 11 is 3.58. The van der Waals surface area contributed by atoms with Crippen LogP contribution in [0.5, 0.6) is 0 Å². The van der Waals surface area contributed by atoms with E-state index < -0.39 is 0 Å². The van der Waals surface area contributed by atoms with Crippen molar-refractivity contribution in [2.45, 2.75) is 25.2 Å². The highest BCUT2D eigenvalue weighted by Crippen LogP contribution is 2.49. The van der Waals surface area contributed by atoms with E-state index in [0.29, 0.717) is 0 Å². The van der Waals surface area contributed by atoms with E-state index in [1.807, 2.05) is 0 Å². The van der Waals surface area contributed by atoms with Crippen LogP contribution in [0.1, 0.15) is 47.6 Å². The Morgan fingerprint density at radius 1 is 0.586 bits per heavy atom. The first-order chi connectivity index (χ1) is 14.1. The molecule has 0 saturated carbocycles. The van der Waals surface area contributed by atoms with Gasteiger partial charge in [0.1, 0.15) is 0 Å². The molecule has 4 aromatic carbocycles. The predicted octanol–water partition coefficient (Wildman–Crippen LogP) is 7.94. The Morgan fingerprint density at radius 3 is 1.93 bits per heavy atom. The highest BCUT2D eigenvalue weighted by molar-refractivity contribution is 9.10. The molecule has 0 heterocycles. The van der Waals surface area contributed by atoms with Crippen molar-refractivity contribution in [2.24, 2.45) is 0 Å². The number of fused-ring (bicyclic) bond motifs is 3. The van der Waals surface area contributed by atoms with E-state index >= 15 is 0 Å². The third-order valence-electron chi connectivity index (χ3n) is 6.28. The predicted molar refractivity (Wildman–Crippen MR) is 126 cm³/mol. The maximum absolute atomic E-state index is 3.58. The molecular formula is C28H23Br. The lowest BCUT2D eigenvalue weighted by Gasteiger charge is -2.24. The van der Waals surface area contributed by atoms with Crippen LogP contribution < -0.4 is 0 Å². The van der Waals surface area contributed by atoms with Crippen LogP contribution >= 0.6 is 15.9 Å². The number of halogens is 1. The van der Waals surface area contributed by atoms with Crippen LogP contribution in [0.15, 0.2) is 102 Å². The van der Waals surface area contributed by atoms with Crippen LogP contribution in [0.3, 0.4) is 0 Å². The van der Waals surface area contributed by atoms with E-state index in [2.05, 4.69) is 127 Å². The zero-order chi connectivity index (χ0) is 20.0. The van der Waals surface area contributed by atoms with E-state index in [1.54, 1.807) is 0 Å². The van der Waals surface area contributed by atoms with Crippen LogP contribution in [0.4, 0.5) is 0 Å². The smallest absolute Gasteiger partial charge is 0.0340 e. The molecule has 0 nitrogen and oxygen atoms in total. The third-order valence-corrected chi connectivity index (χ3v) is 6.81. The van der Waals surface area contributed by atoms with Crippen molar-refractivity contribution in [1.29, 1.82) is 0 Å². The average molecular weight is 439 g/mol. The first kappa shape index (κ1) is 18.4. The molecule has 0 N–H and O–H groups in total. The highest BCUT2D eigenvalue weighted by atomic mass is 79.9. The number of hydrogen-bond acceptors (Lipinski definition) is 0. The van der Waals surface area contributed by atoms with Gasteiger partial charge in [-0.25, -0.2) is 0 Å². The van der Waals surface area contributed by atoms with E-state index in [9.17, 15) is 0 Å². The van der Waals surface area contributed by atoms with Gasteiger partial charge in [-0.05, 0) is 51.1 Å². The van der Waals surface area contributed by atoms with Crippen LogP contribution in [0, 0.1) is 0 Å². The van der Waals surface area contributed by atoms with Gasteiger partial charge >= 0.3 is 0 Å². The Morgan fingerprint density at radius 2 is 1.17 bits per heavy atom. The van der Waals surface area contributed by atoms with Gasteiger partial charge in [0.2, 0.25) is 0 Å². The fourth-order valence-electron chi connectivity index (χ4n) is 4.78. The molecule has 4 aromatic rings. The molecule has 142 valence electrons. The van der Waals surface area contributed by atoms with E-state index in [-0.39, 0.29) is 11.3 Å². The number of hydrogen-bond donors (Lipinski definition) is 0. The van der Waals surface area contributed by atoms with E-state index in [0.717, 1.165) is 4.47 Å². The molecule has 29 heavy (non-hydrogen) atoms. The van der Waals surface area contributed by atoms with Gasteiger partial charge in [-0.3, -0.25) is 0 Å². The van der Waals surface area contributed by atoms with Gasteiger partial charge in [-0.1, -0.05) is 115 Å². The lowest BCUT2D eigenvalue weighted by Crippen LogP contribution is -2.15. The molecule has 0 fully saturated rings. The highest BCUT2D eigenvalue weighted by Gasteiger charge is 2.35. The molecule has 0 spiro atoms. The largest absolute Gasteiger partial charge is 0.0622 e. The Bertz CT molecular complexity index is 1170. The Balaban J connectivity index is 1.69. The van der Waals surface area contributed by atoms with Gasteiger partial charge < -0.3 is 0 Å². The summed E-state index contributed by atoms with van der Waals surface area (Å²) < 4.78 is 1.11. The molecule has 1 heteroatoms. The van der Waals surface area contributed by atoms with Crippen molar-refractivity contribution in [3.8, 4) is 11.1 Å². The average Bonchev–Trinajstić information content (AvgIpc) is 2.98. The van der Waals surface area contributed by atoms with E-state index in [1.165, 1.54) is 38.9 Å². The van der Waals surface area contributed by atoms with Crippen molar-refractivity contribution >= 4 is 15.9 Å². The van der Waals surface area contributed by atoms with Gasteiger partial charge in [0.25, 0.3) is 0 Å². The molecule has 1 aliphatic rings. The topological polar surface area (TPSA) is 0 Å². The van der Waals surface area contributed by atoms with E-state index in [4.69, 9.17) is 0 Å². The van der Waals surface area contributed by atoms with Crippen LogP contribution in [-0.4, -0.2) is 0 Å². The van der Waals surface area contributed by atoms with Gasteiger partial charge in [-0.15, -0.1) is 0 Å². The monoisotopic (exact) mass is 438 g/mol. The zero-order valence-electron chi connectivity index (χ0n) is 16.7. The second kappa shape index (κ2) is 7.00. The van der Waals surface area contributed by atoms with Crippen LogP contribution in [0.25, 0.3) is 11.1 Å². The summed E-state index contributed by atoms with van der Waals surface area (Å²) in [6.45, 7) is 4.69. The fourth-order valence-corrected chi connectivity index (χ4v) is 5.04. The van der Waals surface area contributed by atoms with Crippen molar-refractivity contribution in [1.82, 2.24) is 0 Å². The molecule has 5 rings (SSSR count). The molecule has 0 aromatic heterocycles. The number of benzene rings is 4. The van der Waals surface area contributed by atoms with Crippen LogP contribution in [0.2, 0.25) is 0 Å². The molecule has 1 unspecified atom stereocenters. The van der Waals surface area contributed by atoms with Crippen LogP contribution in [-0.2, 0) is 5.41 Å². The fraction of sp³-hybridized carbons (Fsp3) is 0.143. The molecule has 0 saturated heterocycles. The zero-order valence-corrected chi connectivity index (χ0v) is 18.3. The molecule has 1 atom stereocenters. The summed E-state index contributed by atoms with van der Waals surface area (Å²) in [6, 6.07) is 35.5. The van der Waals surface area contributed by atoms with Crippen molar-refractivity contribution < 1.29 is 0 Å². The van der Waals surface area contributed by atoms with Crippen molar-refractivity contribution in [3.05, 3.63) is 129 Å². The second-order valence-corrected chi connectivity index (χ2v) is 9.29. The minimum Gasteiger partial charge on any atom is -0.0622 e. The normalized spacial score (nSPS) is 14.9. The van der Waals surface area contributed by atoms with Crippen molar-refractivity contribution in [3.63, 3.8) is 0 Å².